The third-order valence-corrected chi connectivity index (χ3v) is 9.03. The average Bonchev–Trinajstić information content (AvgIpc) is 2.98. The van der Waals surface area contributed by atoms with Gasteiger partial charge in [-0.3, -0.25) is 24.6 Å². The van der Waals surface area contributed by atoms with E-state index in [0.29, 0.717) is 0 Å². The maximum atomic E-state index is 14.1. The predicted molar refractivity (Wildman–Crippen MR) is 152 cm³/mol. The SMILES string of the molecule is CN(C)[C@@H]1C(=O)C(C(=O)NCN[C@@H](C=O)[C@H](O)[C@H](O)[C@H](O)CO)=C(O)[C@@]2(O)C(=O)C3=C(O)c4c(O)cccc4[C@@](C)(O)[C@H]3C[C@@H]12. The number of aldehydes is 1. The van der Waals surface area contributed by atoms with Gasteiger partial charge in [-0.1, -0.05) is 12.1 Å². The molecule has 0 aliphatic heterocycles. The van der Waals surface area contributed by atoms with Crippen LogP contribution in [0.5, 0.6) is 5.75 Å². The first-order valence-corrected chi connectivity index (χ1v) is 14.0. The lowest BCUT2D eigenvalue weighted by atomic mass is 9.54. The number of nitrogens with zero attached hydrogens (tertiary/aromatic N) is 1. The number of carbonyl (C=O) groups excluding carboxylic acids is 4. The zero-order valence-corrected chi connectivity index (χ0v) is 24.6. The molecule has 0 aromatic heterocycles. The van der Waals surface area contributed by atoms with E-state index in [1.165, 1.54) is 44.1 Å². The van der Waals surface area contributed by atoms with Gasteiger partial charge in [0.25, 0.3) is 5.91 Å². The number of Topliss-reactive ketones (excluding diaryl/α,β-unsaturated/α-hetero) is 2. The number of likely N-dealkylation sites (N-methyl/N-ethyl adjacent to an activating group) is 1. The van der Waals surface area contributed by atoms with Crippen molar-refractivity contribution >= 4 is 29.5 Å². The van der Waals surface area contributed by atoms with Gasteiger partial charge in [-0.2, -0.15) is 0 Å². The molecule has 9 atom stereocenters. The van der Waals surface area contributed by atoms with Crippen LogP contribution in [-0.2, 0) is 24.8 Å². The Morgan fingerprint density at radius 2 is 1.76 bits per heavy atom. The van der Waals surface area contributed by atoms with Crippen LogP contribution in [0.4, 0.5) is 0 Å². The molecule has 4 rings (SSSR count). The van der Waals surface area contributed by atoms with Gasteiger partial charge in [0.15, 0.2) is 11.4 Å². The molecule has 11 N–H and O–H groups in total. The van der Waals surface area contributed by atoms with Crippen LogP contribution in [0, 0.1) is 11.8 Å². The van der Waals surface area contributed by atoms with Gasteiger partial charge in [0, 0.05) is 17.4 Å². The molecule has 0 saturated heterocycles. The summed E-state index contributed by atoms with van der Waals surface area (Å²) in [5.74, 6) is -8.72. The number of aliphatic hydroxyl groups excluding tert-OH is 6. The monoisotopic (exact) mass is 635 g/mol. The summed E-state index contributed by atoms with van der Waals surface area (Å²) in [7, 11) is 2.87. The van der Waals surface area contributed by atoms with Crippen LogP contribution < -0.4 is 10.6 Å². The van der Waals surface area contributed by atoms with E-state index >= 15 is 0 Å². The van der Waals surface area contributed by atoms with Crippen molar-refractivity contribution in [3.8, 4) is 5.75 Å². The molecule has 1 fully saturated rings. The third-order valence-electron chi connectivity index (χ3n) is 9.03. The third kappa shape index (κ3) is 5.22. The number of hydrogen-bond acceptors (Lipinski definition) is 15. The highest BCUT2D eigenvalue weighted by atomic mass is 16.4. The molecule has 45 heavy (non-hydrogen) atoms. The number of aliphatic hydroxyl groups is 8. The number of carbonyl (C=O) groups is 4. The molecule has 0 radical (unpaired) electrons. The van der Waals surface area contributed by atoms with Crippen LogP contribution in [0.15, 0.2) is 35.1 Å². The molecule has 0 unspecified atom stereocenters. The second-order valence-electron chi connectivity index (χ2n) is 11.9. The topological polar surface area (TPSA) is 278 Å². The van der Waals surface area contributed by atoms with E-state index in [-0.39, 0.29) is 23.8 Å². The molecule has 1 aromatic carbocycles. The molecular weight excluding hydrogens is 598 g/mol. The lowest BCUT2D eigenvalue weighted by Gasteiger charge is -2.53. The predicted octanol–water partition coefficient (Wildman–Crippen LogP) is -3.55. The molecule has 16 nitrogen and oxygen atoms in total. The molecule has 0 heterocycles. The Morgan fingerprint density at radius 3 is 2.33 bits per heavy atom. The van der Waals surface area contributed by atoms with Crippen molar-refractivity contribution in [2.75, 3.05) is 27.4 Å². The number of hydrogen-bond donors (Lipinski definition) is 11. The quantitative estimate of drug-likeness (QED) is 0.0674. The van der Waals surface area contributed by atoms with Crippen LogP contribution in [0.3, 0.4) is 0 Å². The molecule has 0 spiro atoms. The summed E-state index contributed by atoms with van der Waals surface area (Å²) >= 11 is 0. The highest BCUT2D eigenvalue weighted by Crippen LogP contribution is 2.57. The number of amides is 1. The highest BCUT2D eigenvalue weighted by molar-refractivity contribution is 6.25. The van der Waals surface area contributed by atoms with Crippen LogP contribution in [0.25, 0.3) is 5.76 Å². The van der Waals surface area contributed by atoms with Gasteiger partial charge in [0.05, 0.1) is 36.5 Å². The molecule has 1 amide bonds. The Kier molecular flexibility index (Phi) is 9.27. The van der Waals surface area contributed by atoms with Crippen molar-refractivity contribution in [3.05, 3.63) is 46.2 Å². The first-order valence-electron chi connectivity index (χ1n) is 14.0. The minimum Gasteiger partial charge on any atom is -0.508 e. The summed E-state index contributed by atoms with van der Waals surface area (Å²) in [6.07, 6.45) is -5.84. The number of nitrogens with one attached hydrogen (secondary N) is 2. The van der Waals surface area contributed by atoms with E-state index in [4.69, 9.17) is 5.11 Å². The number of rotatable bonds is 10. The van der Waals surface area contributed by atoms with Crippen molar-refractivity contribution in [3.63, 3.8) is 0 Å². The number of fused-ring (bicyclic) bond motifs is 3. The van der Waals surface area contributed by atoms with Crippen molar-refractivity contribution in [2.45, 2.75) is 54.9 Å². The summed E-state index contributed by atoms with van der Waals surface area (Å²) in [5, 5.41) is 99.5. The second kappa shape index (κ2) is 12.2. The maximum Gasteiger partial charge on any atom is 0.259 e. The summed E-state index contributed by atoms with van der Waals surface area (Å²) in [6.45, 7) is -0.239. The minimum atomic E-state index is -2.94. The number of aromatic hydroxyl groups is 1. The van der Waals surface area contributed by atoms with Gasteiger partial charge in [-0.15, -0.1) is 0 Å². The van der Waals surface area contributed by atoms with Crippen molar-refractivity contribution in [1.29, 1.82) is 0 Å². The molecule has 1 saturated carbocycles. The fraction of sp³-hybridized carbons (Fsp3) is 0.517. The summed E-state index contributed by atoms with van der Waals surface area (Å²) in [5.41, 5.74) is -6.50. The molecule has 1 aromatic rings. The van der Waals surface area contributed by atoms with Crippen LogP contribution >= 0.6 is 0 Å². The zero-order valence-electron chi connectivity index (χ0n) is 24.6. The molecule has 3 aliphatic carbocycles. The van der Waals surface area contributed by atoms with Gasteiger partial charge in [0.1, 0.15) is 47.4 Å². The highest BCUT2D eigenvalue weighted by Gasteiger charge is 2.66. The van der Waals surface area contributed by atoms with Crippen molar-refractivity contribution in [1.82, 2.24) is 15.5 Å². The standard InChI is InChI=1S/C29H37N3O13/c1-28(44)11-5-4-6-15(35)17(11)23(39)18-12(28)7-13-20(32(2)3)24(40)19(26(42)29(13,45)25(18)41)27(43)31-10-30-14(8-33)21(37)22(38)16(36)9-34/h4-6,8,12-14,16,20-22,30,34-39,42,44-45H,7,9-10H2,1-3H3,(H,31,43)/t12-,13-,14-,16+,20-,21-,22+,28+,29-/m0/s1. The van der Waals surface area contributed by atoms with E-state index in [1.54, 1.807) is 0 Å². The smallest absolute Gasteiger partial charge is 0.259 e. The van der Waals surface area contributed by atoms with Gasteiger partial charge >= 0.3 is 0 Å². The Hall–Kier alpha value is -3.74. The number of phenols is 1. The largest absolute Gasteiger partial charge is 0.508 e. The lowest BCUT2D eigenvalue weighted by Crippen LogP contribution is -2.67. The molecule has 3 aliphatic rings. The van der Waals surface area contributed by atoms with E-state index in [9.17, 15) is 60.0 Å². The molecule has 246 valence electrons. The minimum absolute atomic E-state index is 0.0972. The number of ketones is 2. The first-order chi connectivity index (χ1) is 21.0. The Bertz CT molecular complexity index is 1470. The van der Waals surface area contributed by atoms with Crippen molar-refractivity contribution < 1.29 is 65.1 Å². The van der Waals surface area contributed by atoms with Crippen LogP contribution in [-0.4, -0.2) is 138 Å². The van der Waals surface area contributed by atoms with Gasteiger partial charge in [-0.25, -0.2) is 0 Å². The van der Waals surface area contributed by atoms with E-state index in [0.717, 1.165) is 0 Å². The summed E-state index contributed by atoms with van der Waals surface area (Å²) < 4.78 is 0. The van der Waals surface area contributed by atoms with Gasteiger partial charge in [0.2, 0.25) is 5.78 Å². The van der Waals surface area contributed by atoms with E-state index in [1.807, 2.05) is 0 Å². The van der Waals surface area contributed by atoms with Gasteiger partial charge < -0.3 is 56.1 Å². The normalized spacial score (nSPS) is 30.7. The maximum absolute atomic E-state index is 14.1. The fourth-order valence-corrected chi connectivity index (χ4v) is 6.62. The lowest BCUT2D eigenvalue weighted by molar-refractivity contribution is -0.159. The Morgan fingerprint density at radius 1 is 1.11 bits per heavy atom. The van der Waals surface area contributed by atoms with Gasteiger partial charge in [-0.05, 0) is 39.1 Å². The van der Waals surface area contributed by atoms with E-state index in [2.05, 4.69) is 10.6 Å². The number of benzene rings is 1. The number of phenolic OH excluding ortho intramolecular Hbond substituents is 1. The summed E-state index contributed by atoms with van der Waals surface area (Å²) in [6, 6.07) is 1.12. The summed E-state index contributed by atoms with van der Waals surface area (Å²) in [4.78, 5) is 53.8. The molecule has 16 heteroatoms. The van der Waals surface area contributed by atoms with Crippen LogP contribution in [0.1, 0.15) is 24.5 Å². The Balaban J connectivity index is 1.72. The zero-order chi connectivity index (χ0) is 33.8. The second-order valence-corrected chi connectivity index (χ2v) is 11.9. The average molecular weight is 636 g/mol. The van der Waals surface area contributed by atoms with Crippen molar-refractivity contribution in [2.24, 2.45) is 11.8 Å². The molecule has 0 bridgehead atoms. The fourth-order valence-electron chi connectivity index (χ4n) is 6.62. The first kappa shape index (κ1) is 34.1. The molecular formula is C29H37N3O13. The van der Waals surface area contributed by atoms with Crippen LogP contribution in [0.2, 0.25) is 0 Å². The van der Waals surface area contributed by atoms with E-state index < -0.39 is 113 Å². The Labute approximate surface area is 256 Å².